The average Bonchev–Trinajstić information content (AvgIpc) is 2.87. The Morgan fingerprint density at radius 1 is 1.14 bits per heavy atom. The van der Waals surface area contributed by atoms with Gasteiger partial charge in [0.15, 0.2) is 0 Å². The van der Waals surface area contributed by atoms with E-state index in [9.17, 15) is 14.4 Å². The Morgan fingerprint density at radius 3 is 2.72 bits per heavy atom. The van der Waals surface area contributed by atoms with Crippen molar-refractivity contribution >= 4 is 23.4 Å². The van der Waals surface area contributed by atoms with Crippen molar-refractivity contribution in [1.82, 2.24) is 15.1 Å². The molecular weight excluding hydrogens is 368 g/mol. The van der Waals surface area contributed by atoms with Crippen LogP contribution in [-0.4, -0.2) is 58.4 Å². The van der Waals surface area contributed by atoms with Crippen molar-refractivity contribution in [3.63, 3.8) is 0 Å². The highest BCUT2D eigenvalue weighted by molar-refractivity contribution is 6.02. The molecule has 0 aromatic heterocycles. The topological polar surface area (TPSA) is 81.8 Å². The highest BCUT2D eigenvalue weighted by atomic mass is 16.2. The molecule has 3 aliphatic rings. The van der Waals surface area contributed by atoms with E-state index in [0.29, 0.717) is 31.4 Å². The number of hydrogen-bond acceptors (Lipinski definition) is 4. The Morgan fingerprint density at radius 2 is 1.93 bits per heavy atom. The van der Waals surface area contributed by atoms with Crippen molar-refractivity contribution in [2.75, 3.05) is 18.4 Å². The smallest absolute Gasteiger partial charge is 0.255 e. The van der Waals surface area contributed by atoms with E-state index in [4.69, 9.17) is 0 Å². The number of anilines is 1. The van der Waals surface area contributed by atoms with E-state index >= 15 is 0 Å². The number of fused-ring (bicyclic) bond motifs is 1. The summed E-state index contributed by atoms with van der Waals surface area (Å²) in [6.45, 7) is 5.12. The number of likely N-dealkylation sites (tertiary alicyclic amines) is 2. The van der Waals surface area contributed by atoms with Crippen LogP contribution in [0.5, 0.6) is 0 Å². The maximum Gasteiger partial charge on any atom is 0.255 e. The van der Waals surface area contributed by atoms with Gasteiger partial charge in [-0.1, -0.05) is 12.1 Å². The zero-order valence-electron chi connectivity index (χ0n) is 17.2. The first-order chi connectivity index (χ1) is 13.9. The highest BCUT2D eigenvalue weighted by Gasteiger charge is 2.42. The van der Waals surface area contributed by atoms with Crippen LogP contribution >= 0.6 is 0 Å². The lowest BCUT2D eigenvalue weighted by atomic mass is 9.95. The minimum absolute atomic E-state index is 0.0257. The van der Waals surface area contributed by atoms with Crippen LogP contribution in [0.3, 0.4) is 0 Å². The molecule has 1 aromatic carbocycles. The van der Waals surface area contributed by atoms with Crippen LogP contribution in [0.15, 0.2) is 24.3 Å². The number of nitrogens with zero attached hydrogens (tertiary/aromatic N) is 2. The molecule has 3 atom stereocenters. The van der Waals surface area contributed by atoms with E-state index in [1.165, 1.54) is 0 Å². The third kappa shape index (κ3) is 3.70. The molecule has 7 heteroatoms. The molecule has 156 valence electrons. The van der Waals surface area contributed by atoms with Gasteiger partial charge in [0.25, 0.3) is 5.91 Å². The second-order valence-corrected chi connectivity index (χ2v) is 8.60. The van der Waals surface area contributed by atoms with E-state index < -0.39 is 11.7 Å². The predicted molar refractivity (Wildman–Crippen MR) is 110 cm³/mol. The molecule has 4 rings (SSSR count). The monoisotopic (exact) mass is 398 g/mol. The van der Waals surface area contributed by atoms with Gasteiger partial charge >= 0.3 is 0 Å². The molecule has 0 aliphatic carbocycles. The van der Waals surface area contributed by atoms with Gasteiger partial charge in [0.1, 0.15) is 11.7 Å². The molecular formula is C22H30N4O3. The van der Waals surface area contributed by atoms with Crippen LogP contribution in [0, 0.1) is 0 Å². The molecule has 0 radical (unpaired) electrons. The van der Waals surface area contributed by atoms with Gasteiger partial charge in [-0.25, -0.2) is 0 Å². The number of amides is 3. The fourth-order valence-electron chi connectivity index (χ4n) is 4.85. The van der Waals surface area contributed by atoms with Crippen LogP contribution in [-0.2, 0) is 9.59 Å². The lowest BCUT2D eigenvalue weighted by molar-refractivity contribution is -0.147. The summed E-state index contributed by atoms with van der Waals surface area (Å²) in [5, 5.41) is 6.54. The zero-order chi connectivity index (χ0) is 20.6. The third-order valence-electron chi connectivity index (χ3n) is 6.67. The second-order valence-electron chi connectivity index (χ2n) is 8.60. The number of para-hydroxylation sites is 1. The minimum Gasteiger partial charge on any atom is -0.362 e. The Hall–Kier alpha value is -2.57. The quantitative estimate of drug-likeness (QED) is 0.801. The summed E-state index contributed by atoms with van der Waals surface area (Å²) in [5.74, 6) is -0.110. The zero-order valence-corrected chi connectivity index (χ0v) is 17.2. The van der Waals surface area contributed by atoms with Gasteiger partial charge in [-0.3, -0.25) is 14.4 Å². The molecule has 2 fully saturated rings. The third-order valence-corrected chi connectivity index (χ3v) is 6.67. The SMILES string of the molecule is CC1CCCCN1C(=O)C(C)N1CCC2(CCC1=O)NC(=O)c1ccccc1N2. The summed E-state index contributed by atoms with van der Waals surface area (Å²) in [4.78, 5) is 42.2. The van der Waals surface area contributed by atoms with Gasteiger partial charge < -0.3 is 20.4 Å². The van der Waals surface area contributed by atoms with Crippen LogP contribution in [0.1, 0.15) is 62.7 Å². The normalized spacial score (nSPS) is 28.3. The first-order valence-electron chi connectivity index (χ1n) is 10.7. The Labute approximate surface area is 171 Å². The number of benzene rings is 1. The van der Waals surface area contributed by atoms with Crippen molar-refractivity contribution in [3.8, 4) is 0 Å². The molecule has 3 heterocycles. The number of nitrogens with one attached hydrogen (secondary N) is 2. The number of carbonyl (C=O) groups excluding carboxylic acids is 3. The van der Waals surface area contributed by atoms with E-state index in [1.54, 1.807) is 11.0 Å². The van der Waals surface area contributed by atoms with Gasteiger partial charge in [0, 0.05) is 37.7 Å². The molecule has 0 saturated carbocycles. The maximum atomic E-state index is 13.1. The van der Waals surface area contributed by atoms with Gasteiger partial charge in [-0.05, 0) is 51.7 Å². The van der Waals surface area contributed by atoms with Gasteiger partial charge in [-0.15, -0.1) is 0 Å². The van der Waals surface area contributed by atoms with Crippen molar-refractivity contribution in [3.05, 3.63) is 29.8 Å². The Kier molecular flexibility index (Phi) is 5.23. The molecule has 2 N–H and O–H groups in total. The molecule has 1 aromatic rings. The van der Waals surface area contributed by atoms with Crippen molar-refractivity contribution < 1.29 is 14.4 Å². The molecule has 2 saturated heterocycles. The van der Waals surface area contributed by atoms with Crippen LogP contribution in [0.2, 0.25) is 0 Å². The molecule has 3 aliphatic heterocycles. The number of piperidine rings is 1. The minimum atomic E-state index is -0.656. The molecule has 3 unspecified atom stereocenters. The molecule has 29 heavy (non-hydrogen) atoms. The van der Waals surface area contributed by atoms with E-state index in [1.807, 2.05) is 30.0 Å². The van der Waals surface area contributed by atoms with Gasteiger partial charge in [0.2, 0.25) is 11.8 Å². The summed E-state index contributed by atoms with van der Waals surface area (Å²) in [7, 11) is 0. The molecule has 0 bridgehead atoms. The Balaban J connectivity index is 1.49. The largest absolute Gasteiger partial charge is 0.362 e. The summed E-state index contributed by atoms with van der Waals surface area (Å²) < 4.78 is 0. The summed E-state index contributed by atoms with van der Waals surface area (Å²) >= 11 is 0. The number of carbonyl (C=O) groups is 3. The first-order valence-corrected chi connectivity index (χ1v) is 10.7. The standard InChI is InChI=1S/C22H30N4O3/c1-15-7-5-6-13-25(15)21(29)16(2)26-14-12-22(11-10-19(26)27)23-18-9-4-3-8-17(18)20(28)24-22/h3-4,8-9,15-16,23H,5-7,10-14H2,1-2H3,(H,24,28). The average molecular weight is 399 g/mol. The molecule has 1 spiro atoms. The van der Waals surface area contributed by atoms with Crippen LogP contribution < -0.4 is 10.6 Å². The molecule has 3 amide bonds. The maximum absolute atomic E-state index is 13.1. The fraction of sp³-hybridized carbons (Fsp3) is 0.591. The summed E-state index contributed by atoms with van der Waals surface area (Å²) in [5.41, 5.74) is 0.758. The van der Waals surface area contributed by atoms with E-state index in [2.05, 4.69) is 17.6 Å². The fourth-order valence-corrected chi connectivity index (χ4v) is 4.85. The molecule has 7 nitrogen and oxygen atoms in total. The van der Waals surface area contributed by atoms with E-state index in [-0.39, 0.29) is 23.8 Å². The van der Waals surface area contributed by atoms with Gasteiger partial charge in [-0.2, -0.15) is 0 Å². The highest BCUT2D eigenvalue weighted by Crippen LogP contribution is 2.32. The van der Waals surface area contributed by atoms with Crippen molar-refractivity contribution in [2.24, 2.45) is 0 Å². The van der Waals surface area contributed by atoms with Gasteiger partial charge in [0.05, 0.1) is 5.56 Å². The van der Waals surface area contributed by atoms with Crippen LogP contribution in [0.4, 0.5) is 5.69 Å². The Bertz CT molecular complexity index is 826. The number of hydrogen-bond donors (Lipinski definition) is 2. The predicted octanol–water partition coefficient (Wildman–Crippen LogP) is 2.34. The summed E-state index contributed by atoms with van der Waals surface area (Å²) in [6.07, 6.45) is 4.55. The summed E-state index contributed by atoms with van der Waals surface area (Å²) in [6, 6.07) is 7.16. The van der Waals surface area contributed by atoms with Crippen molar-refractivity contribution in [1.29, 1.82) is 0 Å². The second kappa shape index (κ2) is 7.69. The first kappa shape index (κ1) is 19.7. The van der Waals surface area contributed by atoms with Crippen LogP contribution in [0.25, 0.3) is 0 Å². The van der Waals surface area contributed by atoms with Crippen molar-refractivity contribution in [2.45, 2.75) is 70.1 Å². The number of rotatable bonds is 2. The van der Waals surface area contributed by atoms with E-state index in [0.717, 1.165) is 31.5 Å². The lowest BCUT2D eigenvalue weighted by Crippen LogP contribution is -2.58. The lowest BCUT2D eigenvalue weighted by Gasteiger charge is -2.40.